The lowest BCUT2D eigenvalue weighted by Crippen LogP contribution is -2.55. The second kappa shape index (κ2) is 9.80. The third-order valence-electron chi connectivity index (χ3n) is 6.02. The van der Waals surface area contributed by atoms with Gasteiger partial charge in [-0.25, -0.2) is 4.79 Å². The fourth-order valence-electron chi connectivity index (χ4n) is 3.30. The molecule has 0 aromatic heterocycles. The summed E-state index contributed by atoms with van der Waals surface area (Å²) in [6.07, 6.45) is -1.37. The molecule has 0 bridgehead atoms. The summed E-state index contributed by atoms with van der Waals surface area (Å²) >= 11 is 12.4. The van der Waals surface area contributed by atoms with Crippen LogP contribution in [0.15, 0.2) is 18.2 Å². The first-order valence-electron chi connectivity index (χ1n) is 10.9. The van der Waals surface area contributed by atoms with Crippen molar-refractivity contribution >= 4 is 37.6 Å². The van der Waals surface area contributed by atoms with Crippen LogP contribution in [-0.2, 0) is 19.5 Å². The molecule has 1 aliphatic heterocycles. The molecule has 182 valence electrons. The van der Waals surface area contributed by atoms with Crippen molar-refractivity contribution in [2.45, 2.75) is 83.6 Å². The highest BCUT2D eigenvalue weighted by Crippen LogP contribution is 2.41. The van der Waals surface area contributed by atoms with Crippen molar-refractivity contribution in [2.75, 3.05) is 19.7 Å². The van der Waals surface area contributed by atoms with Gasteiger partial charge in [-0.15, -0.1) is 0 Å². The van der Waals surface area contributed by atoms with Crippen molar-refractivity contribution in [3.8, 4) is 0 Å². The van der Waals surface area contributed by atoms with E-state index in [2.05, 4.69) is 33.9 Å². The maximum absolute atomic E-state index is 12.8. The molecule has 0 radical (unpaired) electrons. The molecule has 0 aliphatic carbocycles. The Bertz CT molecular complexity index is 822. The Hall–Kier alpha value is -0.833. The Balaban J connectivity index is 2.38. The predicted octanol–water partition coefficient (Wildman–Crippen LogP) is 6.19. The second-order valence-corrected chi connectivity index (χ2v) is 16.5. The quantitative estimate of drug-likeness (QED) is 0.381. The summed E-state index contributed by atoms with van der Waals surface area (Å²) in [7, 11) is -2.23. The van der Waals surface area contributed by atoms with Gasteiger partial charge in [0.2, 0.25) is 0 Å². The number of carbonyl (C=O) groups is 1. The number of amides is 1. The molecule has 1 N–H and O–H groups in total. The Morgan fingerprint density at radius 3 is 2.38 bits per heavy atom. The Morgan fingerprint density at radius 1 is 1.22 bits per heavy atom. The number of hydrogen-bond acceptors (Lipinski definition) is 5. The molecule has 1 heterocycles. The van der Waals surface area contributed by atoms with Crippen LogP contribution in [0, 0.1) is 0 Å². The lowest BCUT2D eigenvalue weighted by atomic mass is 9.88. The van der Waals surface area contributed by atoms with Gasteiger partial charge in [-0.2, -0.15) is 0 Å². The van der Waals surface area contributed by atoms with Crippen molar-refractivity contribution in [1.29, 1.82) is 0 Å². The van der Waals surface area contributed by atoms with Gasteiger partial charge in [-0.05, 0) is 56.6 Å². The lowest BCUT2D eigenvalue weighted by molar-refractivity contribution is -0.160. The van der Waals surface area contributed by atoms with Crippen molar-refractivity contribution < 1.29 is 23.8 Å². The standard InChI is InChI=1S/C23H37Cl2NO5Si/c1-21(2,3)30-20(28)26-11-12-29-23(15-26,16-9-10-17(24)18(25)13-16)14-19(27)31-32(7,8)22(4,5)6/h9-10,13,19,27H,11-12,14-15H2,1-8H3. The molecule has 9 heteroatoms. The van der Waals surface area contributed by atoms with Gasteiger partial charge >= 0.3 is 6.09 Å². The zero-order valence-electron chi connectivity index (χ0n) is 20.4. The molecule has 6 nitrogen and oxygen atoms in total. The third-order valence-corrected chi connectivity index (χ3v) is 11.2. The van der Waals surface area contributed by atoms with Gasteiger partial charge < -0.3 is 23.9 Å². The molecule has 1 aromatic carbocycles. The van der Waals surface area contributed by atoms with E-state index in [1.165, 1.54) is 0 Å². The number of rotatable bonds is 5. The minimum absolute atomic E-state index is 0.0688. The maximum atomic E-state index is 12.8. The average Bonchev–Trinajstić information content (AvgIpc) is 2.61. The van der Waals surface area contributed by atoms with Gasteiger partial charge in [-0.1, -0.05) is 50.0 Å². The number of nitrogens with zero attached hydrogens (tertiary/aromatic N) is 1. The summed E-state index contributed by atoms with van der Waals surface area (Å²) in [5.41, 5.74) is -0.921. The van der Waals surface area contributed by atoms with Crippen LogP contribution in [0.2, 0.25) is 28.2 Å². The van der Waals surface area contributed by atoms with Crippen LogP contribution in [0.5, 0.6) is 0 Å². The number of morpholine rings is 1. The average molecular weight is 507 g/mol. The molecular formula is C23H37Cl2NO5Si. The third kappa shape index (κ3) is 6.84. The van der Waals surface area contributed by atoms with Crippen molar-refractivity contribution in [1.82, 2.24) is 4.90 Å². The van der Waals surface area contributed by atoms with E-state index < -0.39 is 31.9 Å². The molecular weight excluding hydrogens is 469 g/mol. The number of aliphatic hydroxyl groups is 1. The van der Waals surface area contributed by atoms with Crippen LogP contribution < -0.4 is 0 Å². The molecule has 1 aromatic rings. The molecule has 2 unspecified atom stereocenters. The minimum atomic E-state index is -2.23. The molecule has 0 spiro atoms. The lowest BCUT2D eigenvalue weighted by Gasteiger charge is -2.45. The summed E-state index contributed by atoms with van der Waals surface area (Å²) in [5, 5.41) is 11.7. The van der Waals surface area contributed by atoms with Crippen molar-refractivity contribution in [3.05, 3.63) is 33.8 Å². The SMILES string of the molecule is CC(C)(C)OC(=O)N1CCOC(CC(O)O[Si](C)(C)C(C)(C)C)(c2ccc(Cl)c(Cl)c2)C1. The number of aliphatic hydroxyl groups excluding tert-OH is 1. The summed E-state index contributed by atoms with van der Waals surface area (Å²) in [4.78, 5) is 14.4. The van der Waals surface area contributed by atoms with Gasteiger partial charge in [-0.3, -0.25) is 0 Å². The first-order valence-corrected chi connectivity index (χ1v) is 14.6. The van der Waals surface area contributed by atoms with E-state index in [0.717, 1.165) is 5.56 Å². The molecule has 1 saturated heterocycles. The number of carbonyl (C=O) groups excluding carboxylic acids is 1. The highest BCUT2D eigenvalue weighted by Gasteiger charge is 2.45. The van der Waals surface area contributed by atoms with Crippen LogP contribution in [0.1, 0.15) is 53.5 Å². The fraction of sp³-hybridized carbons (Fsp3) is 0.696. The fourth-order valence-corrected chi connectivity index (χ4v) is 4.72. The first-order chi connectivity index (χ1) is 14.5. The molecule has 2 atom stereocenters. The van der Waals surface area contributed by atoms with Crippen LogP contribution in [0.25, 0.3) is 0 Å². The largest absolute Gasteiger partial charge is 0.444 e. The maximum Gasteiger partial charge on any atom is 0.410 e. The van der Waals surface area contributed by atoms with Crippen molar-refractivity contribution in [2.24, 2.45) is 0 Å². The first kappa shape index (κ1) is 27.4. The molecule has 1 fully saturated rings. The van der Waals surface area contributed by atoms with E-state index in [0.29, 0.717) is 16.6 Å². The summed E-state index contributed by atoms with van der Waals surface area (Å²) in [6.45, 7) is 16.8. The molecule has 0 saturated carbocycles. The molecule has 32 heavy (non-hydrogen) atoms. The predicted molar refractivity (Wildman–Crippen MR) is 131 cm³/mol. The Labute approximate surface area is 203 Å². The van der Waals surface area contributed by atoms with E-state index in [1.54, 1.807) is 17.0 Å². The Kier molecular flexibility index (Phi) is 8.40. The van der Waals surface area contributed by atoms with Crippen LogP contribution in [0.3, 0.4) is 0 Å². The van der Waals surface area contributed by atoms with E-state index in [1.807, 2.05) is 26.8 Å². The van der Waals surface area contributed by atoms with Gasteiger partial charge in [0.1, 0.15) is 17.5 Å². The van der Waals surface area contributed by atoms with Gasteiger partial charge in [0, 0.05) is 13.0 Å². The van der Waals surface area contributed by atoms with E-state index in [4.69, 9.17) is 37.1 Å². The number of halogens is 2. The smallest absolute Gasteiger partial charge is 0.410 e. The van der Waals surface area contributed by atoms with Gasteiger partial charge in [0.25, 0.3) is 0 Å². The second-order valence-electron chi connectivity index (χ2n) is 10.9. The number of benzene rings is 1. The zero-order chi connectivity index (χ0) is 24.5. The van der Waals surface area contributed by atoms with E-state index in [-0.39, 0.29) is 24.6 Å². The number of hydrogen-bond donors (Lipinski definition) is 1. The summed E-state index contributed by atoms with van der Waals surface area (Å²) in [5.74, 6) is 0. The van der Waals surface area contributed by atoms with Crippen LogP contribution in [0.4, 0.5) is 4.79 Å². The highest BCUT2D eigenvalue weighted by molar-refractivity contribution is 6.74. The zero-order valence-corrected chi connectivity index (χ0v) is 22.9. The van der Waals surface area contributed by atoms with Crippen LogP contribution in [-0.4, -0.2) is 56.0 Å². The topological polar surface area (TPSA) is 68.2 Å². The molecule has 2 rings (SSSR count). The van der Waals surface area contributed by atoms with Crippen molar-refractivity contribution in [3.63, 3.8) is 0 Å². The summed E-state index contributed by atoms with van der Waals surface area (Å²) in [6, 6.07) is 5.23. The normalized spacial score (nSPS) is 21.4. The minimum Gasteiger partial charge on any atom is -0.444 e. The van der Waals surface area contributed by atoms with E-state index >= 15 is 0 Å². The van der Waals surface area contributed by atoms with E-state index in [9.17, 15) is 9.90 Å². The summed E-state index contributed by atoms with van der Waals surface area (Å²) < 4.78 is 18.0. The van der Waals surface area contributed by atoms with Gasteiger partial charge in [0.15, 0.2) is 8.32 Å². The van der Waals surface area contributed by atoms with Gasteiger partial charge in [0.05, 0.1) is 23.2 Å². The molecule has 1 amide bonds. The Morgan fingerprint density at radius 2 is 1.84 bits per heavy atom. The molecule has 1 aliphatic rings. The monoisotopic (exact) mass is 505 g/mol. The number of ether oxygens (including phenoxy) is 2. The van der Waals surface area contributed by atoms with Crippen LogP contribution >= 0.6 is 23.2 Å². The highest BCUT2D eigenvalue weighted by atomic mass is 35.5.